The molecule has 0 amide bonds. The summed E-state index contributed by atoms with van der Waals surface area (Å²) >= 11 is 0. The molecular weight excluding hydrogens is 292 g/mol. The van der Waals surface area contributed by atoms with E-state index in [0.717, 1.165) is 36.5 Å². The van der Waals surface area contributed by atoms with Crippen molar-refractivity contribution < 1.29 is 24.4 Å². The fourth-order valence-corrected chi connectivity index (χ4v) is 3.08. The van der Waals surface area contributed by atoms with Crippen LogP contribution in [0.2, 0.25) is 0 Å². The van der Waals surface area contributed by atoms with E-state index in [1.807, 2.05) is 32.0 Å². The Hall–Kier alpha value is -1.14. The molecule has 0 saturated carbocycles. The average molecular weight is 324 g/mol. The number of aryl methyl sites for hydroxylation is 2. The Morgan fingerprint density at radius 3 is 2.39 bits per heavy atom. The highest BCUT2D eigenvalue weighted by atomic mass is 16.5. The number of nitrogens with one attached hydrogen (secondary N) is 2. The molecule has 0 aromatic heterocycles. The van der Waals surface area contributed by atoms with Gasteiger partial charge in [0.05, 0.1) is 20.3 Å². The second-order valence-electron chi connectivity index (χ2n) is 6.71. The number of para-hydroxylation sites is 1. The molecule has 130 valence electrons. The zero-order valence-corrected chi connectivity index (χ0v) is 14.7. The topological polar surface area (TPSA) is 47.6 Å². The third kappa shape index (κ3) is 6.11. The van der Waals surface area contributed by atoms with Gasteiger partial charge in [0.2, 0.25) is 0 Å². The van der Waals surface area contributed by atoms with Gasteiger partial charge in [0.25, 0.3) is 0 Å². The predicted octanol–water partition coefficient (Wildman–Crippen LogP) is -1.53. The molecular formula is C18H32N2O3+2. The zero-order valence-electron chi connectivity index (χ0n) is 14.7. The number of hydrogen-bond donors (Lipinski definition) is 3. The number of aliphatic hydroxyl groups excluding tert-OH is 1. The first kappa shape index (κ1) is 18.2. The molecule has 1 heterocycles. The first-order valence-corrected chi connectivity index (χ1v) is 8.66. The summed E-state index contributed by atoms with van der Waals surface area (Å²) < 4.78 is 11.4. The van der Waals surface area contributed by atoms with Crippen LogP contribution in [0.15, 0.2) is 18.2 Å². The summed E-state index contributed by atoms with van der Waals surface area (Å²) in [6, 6.07) is 6.13. The van der Waals surface area contributed by atoms with Gasteiger partial charge in [0, 0.05) is 0 Å². The van der Waals surface area contributed by atoms with Gasteiger partial charge in [-0.25, -0.2) is 0 Å². The van der Waals surface area contributed by atoms with E-state index in [1.165, 1.54) is 18.0 Å². The molecule has 0 spiro atoms. The van der Waals surface area contributed by atoms with E-state index < -0.39 is 0 Å². The summed E-state index contributed by atoms with van der Waals surface area (Å²) in [6.07, 6.45) is -0.386. The minimum atomic E-state index is -0.386. The van der Waals surface area contributed by atoms with Crippen molar-refractivity contribution in [2.45, 2.75) is 20.0 Å². The van der Waals surface area contributed by atoms with E-state index in [9.17, 15) is 5.11 Å². The van der Waals surface area contributed by atoms with E-state index in [2.05, 4.69) is 7.05 Å². The maximum Gasteiger partial charge on any atom is 0.127 e. The van der Waals surface area contributed by atoms with Gasteiger partial charge >= 0.3 is 0 Å². The van der Waals surface area contributed by atoms with Crippen LogP contribution in [0.1, 0.15) is 11.1 Å². The zero-order chi connectivity index (χ0) is 16.7. The number of hydrogen-bond acceptors (Lipinski definition) is 3. The third-order valence-corrected chi connectivity index (χ3v) is 4.53. The Balaban J connectivity index is 1.58. The van der Waals surface area contributed by atoms with Crippen LogP contribution >= 0.6 is 0 Å². The molecule has 1 aromatic carbocycles. The first-order valence-electron chi connectivity index (χ1n) is 8.66. The Bertz CT molecular complexity index is 453. The van der Waals surface area contributed by atoms with Crippen LogP contribution in [0.3, 0.4) is 0 Å². The number of rotatable bonds is 8. The van der Waals surface area contributed by atoms with Crippen molar-refractivity contribution in [2.24, 2.45) is 0 Å². The van der Waals surface area contributed by atoms with Crippen LogP contribution in [-0.2, 0) is 4.74 Å². The van der Waals surface area contributed by atoms with Gasteiger partial charge in [-0.2, -0.15) is 0 Å². The van der Waals surface area contributed by atoms with Crippen molar-refractivity contribution in [1.29, 1.82) is 0 Å². The molecule has 5 nitrogen and oxygen atoms in total. The Morgan fingerprint density at radius 2 is 1.74 bits per heavy atom. The fraction of sp³-hybridized carbons (Fsp3) is 0.667. The van der Waals surface area contributed by atoms with E-state index in [1.54, 1.807) is 4.90 Å². The fourth-order valence-electron chi connectivity index (χ4n) is 3.08. The number of ether oxygens (including phenoxy) is 2. The summed E-state index contributed by atoms with van der Waals surface area (Å²) in [5.41, 5.74) is 2.29. The molecule has 0 bridgehead atoms. The lowest BCUT2D eigenvalue weighted by Gasteiger charge is -2.28. The highest BCUT2D eigenvalue weighted by Crippen LogP contribution is 2.21. The van der Waals surface area contributed by atoms with Crippen LogP contribution < -0.4 is 14.5 Å². The molecule has 0 aliphatic carbocycles. The van der Waals surface area contributed by atoms with Crippen molar-refractivity contribution >= 4 is 0 Å². The standard InChI is InChI=1S/C18H30N2O3/c1-15-5-4-6-16(2)18(15)23-12-11-22-14-17(21)13-20-9-7-19(3)8-10-20/h4-6,17,21H,7-14H2,1-3H3/p+2/t17-/m1/s1. The smallest absolute Gasteiger partial charge is 0.127 e. The molecule has 2 rings (SSSR count). The van der Waals surface area contributed by atoms with Gasteiger partial charge in [-0.3, -0.25) is 0 Å². The van der Waals surface area contributed by atoms with Crippen molar-refractivity contribution in [2.75, 3.05) is 59.6 Å². The number of quaternary nitrogens is 2. The second-order valence-corrected chi connectivity index (χ2v) is 6.71. The Morgan fingerprint density at radius 1 is 1.09 bits per heavy atom. The van der Waals surface area contributed by atoms with Gasteiger partial charge in [-0.1, -0.05) is 18.2 Å². The second kappa shape index (κ2) is 9.23. The van der Waals surface area contributed by atoms with Crippen LogP contribution in [-0.4, -0.2) is 70.8 Å². The van der Waals surface area contributed by atoms with Crippen LogP contribution in [0.5, 0.6) is 5.75 Å². The molecule has 1 aromatic rings. The summed E-state index contributed by atoms with van der Waals surface area (Å²) in [7, 11) is 2.23. The van der Waals surface area contributed by atoms with Gasteiger partial charge < -0.3 is 24.4 Å². The first-order chi connectivity index (χ1) is 11.1. The highest BCUT2D eigenvalue weighted by Gasteiger charge is 2.22. The Kier molecular flexibility index (Phi) is 7.30. The van der Waals surface area contributed by atoms with Gasteiger partial charge in [-0.05, 0) is 25.0 Å². The van der Waals surface area contributed by atoms with Gasteiger partial charge in [0.15, 0.2) is 0 Å². The summed E-state index contributed by atoms with van der Waals surface area (Å²) in [5.74, 6) is 0.945. The maximum atomic E-state index is 10.1. The van der Waals surface area contributed by atoms with Crippen molar-refractivity contribution in [1.82, 2.24) is 0 Å². The number of likely N-dealkylation sites (N-methyl/N-ethyl adjacent to an activating group) is 1. The molecule has 1 aliphatic rings. The predicted molar refractivity (Wildman–Crippen MR) is 90.4 cm³/mol. The molecule has 1 saturated heterocycles. The van der Waals surface area contributed by atoms with Crippen molar-refractivity contribution in [3.63, 3.8) is 0 Å². The normalized spacial score (nSPS) is 22.8. The summed E-state index contributed by atoms with van der Waals surface area (Å²) in [4.78, 5) is 3.07. The van der Waals surface area contributed by atoms with E-state index >= 15 is 0 Å². The van der Waals surface area contributed by atoms with Crippen LogP contribution in [0, 0.1) is 13.8 Å². The minimum Gasteiger partial charge on any atom is -0.491 e. The maximum absolute atomic E-state index is 10.1. The molecule has 23 heavy (non-hydrogen) atoms. The summed E-state index contributed by atoms with van der Waals surface area (Å²) in [5, 5.41) is 10.1. The summed E-state index contributed by atoms with van der Waals surface area (Å²) in [6.45, 7) is 10.9. The number of piperazine rings is 1. The lowest BCUT2D eigenvalue weighted by atomic mass is 10.1. The largest absolute Gasteiger partial charge is 0.491 e. The average Bonchev–Trinajstić information content (AvgIpc) is 2.52. The monoisotopic (exact) mass is 324 g/mol. The van der Waals surface area contributed by atoms with Crippen molar-refractivity contribution in [3.05, 3.63) is 29.3 Å². The molecule has 1 fully saturated rings. The highest BCUT2D eigenvalue weighted by molar-refractivity contribution is 5.39. The van der Waals surface area contributed by atoms with Gasteiger partial charge in [-0.15, -0.1) is 0 Å². The lowest BCUT2D eigenvalue weighted by molar-refractivity contribution is -1.00. The quantitative estimate of drug-likeness (QED) is 0.509. The van der Waals surface area contributed by atoms with E-state index in [-0.39, 0.29) is 6.10 Å². The molecule has 3 N–H and O–H groups in total. The molecule has 5 heteroatoms. The number of aliphatic hydroxyl groups is 1. The number of benzene rings is 1. The Labute approximate surface area is 139 Å². The van der Waals surface area contributed by atoms with Gasteiger partial charge in [0.1, 0.15) is 51.2 Å². The van der Waals surface area contributed by atoms with Crippen molar-refractivity contribution in [3.8, 4) is 5.75 Å². The molecule has 1 aliphatic heterocycles. The van der Waals surface area contributed by atoms with Crippen LogP contribution in [0.25, 0.3) is 0 Å². The van der Waals surface area contributed by atoms with Crippen LogP contribution in [0.4, 0.5) is 0 Å². The molecule has 1 atom stereocenters. The third-order valence-electron chi connectivity index (χ3n) is 4.53. The molecule has 0 unspecified atom stereocenters. The lowest BCUT2D eigenvalue weighted by Crippen LogP contribution is -3.27. The molecule has 0 radical (unpaired) electrons. The van der Waals surface area contributed by atoms with E-state index in [4.69, 9.17) is 9.47 Å². The van der Waals surface area contributed by atoms with E-state index in [0.29, 0.717) is 19.8 Å². The minimum absolute atomic E-state index is 0.386. The SMILES string of the molecule is Cc1cccc(C)c1OCCOC[C@H](O)C[NH+]1CC[NH+](C)CC1.